The second kappa shape index (κ2) is 6.55. The molecular formula is C18H17FN4O3. The third-order valence-electron chi connectivity index (χ3n) is 4.14. The third-order valence-corrected chi connectivity index (χ3v) is 4.14. The predicted octanol–water partition coefficient (Wildman–Crippen LogP) is 2.21. The van der Waals surface area contributed by atoms with E-state index in [4.69, 9.17) is 15.2 Å². The van der Waals surface area contributed by atoms with Gasteiger partial charge in [0.1, 0.15) is 12.1 Å². The normalized spacial score (nSPS) is 14.5. The number of nitrogens with zero attached hydrogens (tertiary/aromatic N) is 2. The van der Waals surface area contributed by atoms with Crippen molar-refractivity contribution in [2.45, 2.75) is 13.0 Å². The van der Waals surface area contributed by atoms with Crippen LogP contribution in [0.3, 0.4) is 0 Å². The molecule has 0 spiro atoms. The number of hydrogen-bond donors (Lipinski definition) is 2. The molecule has 26 heavy (non-hydrogen) atoms. The summed E-state index contributed by atoms with van der Waals surface area (Å²) in [6, 6.07) is 6.21. The Kier molecular flexibility index (Phi) is 4.08. The van der Waals surface area contributed by atoms with Crippen LogP contribution in [-0.2, 0) is 6.54 Å². The third kappa shape index (κ3) is 3.01. The minimum Gasteiger partial charge on any atom is -0.486 e. The van der Waals surface area contributed by atoms with Crippen LogP contribution in [0.1, 0.15) is 12.0 Å². The Morgan fingerprint density at radius 3 is 3.00 bits per heavy atom. The van der Waals surface area contributed by atoms with Gasteiger partial charge in [-0.25, -0.2) is 9.18 Å². The number of ether oxygens (including phenoxy) is 2. The maximum absolute atomic E-state index is 13.9. The Balaban J connectivity index is 1.86. The first-order valence-electron chi connectivity index (χ1n) is 8.20. The van der Waals surface area contributed by atoms with Gasteiger partial charge in [0.15, 0.2) is 17.4 Å². The van der Waals surface area contributed by atoms with Gasteiger partial charge in [0.2, 0.25) is 5.88 Å². The average molecular weight is 356 g/mol. The van der Waals surface area contributed by atoms with E-state index in [1.165, 1.54) is 10.6 Å². The molecule has 4 rings (SSSR count). The summed E-state index contributed by atoms with van der Waals surface area (Å²) in [7, 11) is 0. The second-order valence-electron chi connectivity index (χ2n) is 5.94. The van der Waals surface area contributed by atoms with Gasteiger partial charge in [0.05, 0.1) is 18.7 Å². The Morgan fingerprint density at radius 2 is 2.12 bits per heavy atom. The predicted molar refractivity (Wildman–Crippen MR) is 95.0 cm³/mol. The second-order valence-corrected chi connectivity index (χ2v) is 5.94. The number of H-pyrrole nitrogens is 1. The zero-order valence-corrected chi connectivity index (χ0v) is 13.9. The van der Waals surface area contributed by atoms with Crippen molar-refractivity contribution in [2.24, 2.45) is 0 Å². The minimum absolute atomic E-state index is 0.146. The quantitative estimate of drug-likeness (QED) is 0.602. The van der Waals surface area contributed by atoms with Crippen LogP contribution in [0.25, 0.3) is 11.0 Å². The molecule has 1 aliphatic heterocycles. The molecule has 0 atom stereocenters. The fourth-order valence-corrected chi connectivity index (χ4v) is 2.88. The summed E-state index contributed by atoms with van der Waals surface area (Å²) >= 11 is 0. The lowest BCUT2D eigenvalue weighted by Crippen LogP contribution is -2.17. The number of fused-ring (bicyclic) bond motifs is 3. The van der Waals surface area contributed by atoms with E-state index in [0.717, 1.165) is 5.56 Å². The van der Waals surface area contributed by atoms with Crippen LogP contribution < -0.4 is 20.9 Å². The molecule has 3 aromatic rings. The number of rotatable bonds is 0. The Morgan fingerprint density at radius 1 is 1.23 bits per heavy atom. The molecule has 8 heteroatoms. The van der Waals surface area contributed by atoms with Crippen LogP contribution in [0, 0.1) is 5.82 Å². The molecule has 1 aliphatic rings. The highest BCUT2D eigenvalue weighted by molar-refractivity contribution is 5.85. The van der Waals surface area contributed by atoms with Crippen LogP contribution in [0.2, 0.25) is 0 Å². The summed E-state index contributed by atoms with van der Waals surface area (Å²) < 4.78 is 26.6. The van der Waals surface area contributed by atoms with E-state index in [1.807, 2.05) is 6.08 Å². The monoisotopic (exact) mass is 356 g/mol. The molecular weight excluding hydrogens is 339 g/mol. The zero-order valence-electron chi connectivity index (χ0n) is 13.9. The van der Waals surface area contributed by atoms with Crippen molar-refractivity contribution in [2.75, 3.05) is 18.9 Å². The highest BCUT2D eigenvalue weighted by atomic mass is 19.1. The molecule has 7 nitrogen and oxygen atoms in total. The van der Waals surface area contributed by atoms with E-state index in [9.17, 15) is 9.18 Å². The average Bonchev–Trinajstić information content (AvgIpc) is 2.92. The molecule has 0 saturated carbocycles. The number of nitrogen functional groups attached to an aromatic ring is 1. The molecule has 1 aromatic carbocycles. The van der Waals surface area contributed by atoms with Crippen molar-refractivity contribution >= 4 is 16.9 Å². The SMILES string of the molecule is Nc1nc2cc3c1[nH]c(=O)n3Cc1ccc(F)c(c1)OCC=CCCO2. The lowest BCUT2D eigenvalue weighted by atomic mass is 10.2. The number of imidazole rings is 1. The van der Waals surface area contributed by atoms with Crippen LogP contribution in [-0.4, -0.2) is 27.7 Å². The molecule has 0 saturated heterocycles. The molecule has 134 valence electrons. The molecule has 3 heterocycles. The van der Waals surface area contributed by atoms with Crippen LogP contribution in [0.5, 0.6) is 11.6 Å². The number of hydrogen-bond acceptors (Lipinski definition) is 5. The van der Waals surface area contributed by atoms with Gasteiger partial charge >= 0.3 is 5.69 Å². The number of nitrogens with one attached hydrogen (secondary N) is 1. The van der Waals surface area contributed by atoms with Gasteiger partial charge in [0, 0.05) is 6.07 Å². The Labute approximate surface area is 147 Å². The smallest absolute Gasteiger partial charge is 0.326 e. The number of nitrogens with two attached hydrogens (primary N) is 1. The van der Waals surface area contributed by atoms with E-state index < -0.39 is 5.82 Å². The van der Waals surface area contributed by atoms with E-state index in [0.29, 0.717) is 29.9 Å². The molecule has 0 aliphatic carbocycles. The largest absolute Gasteiger partial charge is 0.486 e. The molecule has 0 unspecified atom stereocenters. The topological polar surface area (TPSA) is 95.2 Å². The van der Waals surface area contributed by atoms with Gasteiger partial charge in [-0.2, -0.15) is 4.98 Å². The summed E-state index contributed by atoms with van der Waals surface area (Å²) in [6.45, 7) is 0.868. The first-order valence-corrected chi connectivity index (χ1v) is 8.20. The fraction of sp³-hybridized carbons (Fsp3) is 0.222. The Bertz CT molecular complexity index is 1050. The highest BCUT2D eigenvalue weighted by Gasteiger charge is 2.14. The maximum atomic E-state index is 13.9. The summed E-state index contributed by atoms with van der Waals surface area (Å²) in [5, 5.41) is 0. The fourth-order valence-electron chi connectivity index (χ4n) is 2.88. The van der Waals surface area contributed by atoms with Crippen LogP contribution in [0.15, 0.2) is 41.2 Å². The van der Waals surface area contributed by atoms with Gasteiger partial charge in [0.25, 0.3) is 0 Å². The van der Waals surface area contributed by atoms with E-state index in [2.05, 4.69) is 9.97 Å². The number of benzene rings is 1. The summed E-state index contributed by atoms with van der Waals surface area (Å²) in [5.74, 6) is 0.239. The van der Waals surface area contributed by atoms with Crippen molar-refractivity contribution < 1.29 is 13.9 Å². The number of pyridine rings is 1. The van der Waals surface area contributed by atoms with Gasteiger partial charge in [-0.05, 0) is 24.1 Å². The maximum Gasteiger partial charge on any atom is 0.326 e. The summed E-state index contributed by atoms with van der Waals surface area (Å²) in [5.41, 5.74) is 7.38. The zero-order chi connectivity index (χ0) is 18.1. The minimum atomic E-state index is -0.447. The van der Waals surface area contributed by atoms with Crippen LogP contribution >= 0.6 is 0 Å². The van der Waals surface area contributed by atoms with Crippen molar-refractivity contribution in [1.82, 2.24) is 14.5 Å². The van der Waals surface area contributed by atoms with Crippen molar-refractivity contribution in [3.05, 3.63) is 58.3 Å². The number of halogens is 1. The molecule has 0 radical (unpaired) electrons. The standard InChI is InChI=1S/C18H17FN4O3/c19-12-5-4-11-8-14(12)25-6-2-1-3-7-26-15-9-13-16(17(20)21-15)22-18(24)23(13)10-11/h1-2,4-5,8-9H,3,6-7,10H2,(H2,20,21)(H,22,24). The number of anilines is 1. The lowest BCUT2D eigenvalue weighted by molar-refractivity contribution is 0.312. The van der Waals surface area contributed by atoms with Crippen molar-refractivity contribution in [1.29, 1.82) is 0 Å². The highest BCUT2D eigenvalue weighted by Crippen LogP contribution is 2.24. The molecule has 0 fully saturated rings. The molecule has 4 bridgehead atoms. The Hall–Kier alpha value is -3.29. The number of aromatic nitrogens is 3. The van der Waals surface area contributed by atoms with Crippen LogP contribution in [0.4, 0.5) is 10.2 Å². The first-order chi connectivity index (χ1) is 12.6. The van der Waals surface area contributed by atoms with E-state index >= 15 is 0 Å². The van der Waals surface area contributed by atoms with E-state index in [1.54, 1.807) is 24.3 Å². The van der Waals surface area contributed by atoms with Gasteiger partial charge in [-0.15, -0.1) is 0 Å². The number of aromatic amines is 1. The molecule has 0 amide bonds. The van der Waals surface area contributed by atoms with Crippen molar-refractivity contribution in [3.8, 4) is 11.6 Å². The molecule has 2 aromatic heterocycles. The summed E-state index contributed by atoms with van der Waals surface area (Å²) in [4.78, 5) is 19.3. The summed E-state index contributed by atoms with van der Waals surface area (Å²) in [6.07, 6.45) is 4.31. The lowest BCUT2D eigenvalue weighted by Gasteiger charge is -2.09. The molecule has 3 N–H and O–H groups in total. The van der Waals surface area contributed by atoms with Crippen molar-refractivity contribution in [3.63, 3.8) is 0 Å². The van der Waals surface area contributed by atoms with Gasteiger partial charge in [-0.1, -0.05) is 18.2 Å². The van der Waals surface area contributed by atoms with E-state index in [-0.39, 0.29) is 30.4 Å². The van der Waals surface area contributed by atoms with Gasteiger partial charge < -0.3 is 20.2 Å². The van der Waals surface area contributed by atoms with Gasteiger partial charge in [-0.3, -0.25) is 4.57 Å². The first kappa shape index (κ1) is 16.2.